The van der Waals surface area contributed by atoms with E-state index in [-0.39, 0.29) is 11.6 Å². The molecule has 1 aromatic carbocycles. The van der Waals surface area contributed by atoms with E-state index >= 15 is 0 Å². The molecule has 0 aliphatic heterocycles. The smallest absolute Gasteiger partial charge is 0.338 e. The van der Waals surface area contributed by atoms with Crippen molar-refractivity contribution in [2.45, 2.75) is 13.0 Å². The maximum atomic E-state index is 13.7. The van der Waals surface area contributed by atoms with Crippen molar-refractivity contribution in [3.05, 3.63) is 52.0 Å². The Morgan fingerprint density at radius 3 is 2.68 bits per heavy atom. The van der Waals surface area contributed by atoms with Gasteiger partial charge in [-0.15, -0.1) is 11.3 Å². The van der Waals surface area contributed by atoms with Crippen molar-refractivity contribution in [2.24, 2.45) is 0 Å². The molecule has 1 atom stereocenters. The third-order valence-electron chi connectivity index (χ3n) is 3.13. The van der Waals surface area contributed by atoms with Crippen molar-refractivity contribution >= 4 is 23.0 Å². The first-order valence-corrected chi connectivity index (χ1v) is 6.67. The van der Waals surface area contributed by atoms with Crippen molar-refractivity contribution in [3.8, 4) is 0 Å². The predicted molar refractivity (Wildman–Crippen MR) is 74.5 cm³/mol. The Labute approximate surface area is 114 Å². The largest absolute Gasteiger partial charge is 0.478 e. The molecule has 0 saturated heterocycles. The number of thiophene rings is 1. The molecule has 2 rings (SSSR count). The van der Waals surface area contributed by atoms with E-state index in [4.69, 9.17) is 5.11 Å². The van der Waals surface area contributed by atoms with Crippen molar-refractivity contribution < 1.29 is 14.3 Å². The first-order valence-electron chi connectivity index (χ1n) is 5.79. The van der Waals surface area contributed by atoms with Gasteiger partial charge in [0, 0.05) is 17.6 Å². The average molecular weight is 279 g/mol. The van der Waals surface area contributed by atoms with Crippen LogP contribution >= 0.6 is 11.3 Å². The fourth-order valence-electron chi connectivity index (χ4n) is 1.84. The van der Waals surface area contributed by atoms with E-state index in [9.17, 15) is 9.18 Å². The molecule has 1 heterocycles. The fourth-order valence-corrected chi connectivity index (χ4v) is 2.67. The van der Waals surface area contributed by atoms with Crippen LogP contribution in [0, 0.1) is 5.82 Å². The highest BCUT2D eigenvalue weighted by Gasteiger charge is 2.16. The minimum Gasteiger partial charge on any atom is -0.478 e. The number of aromatic carboxylic acids is 1. The van der Waals surface area contributed by atoms with Gasteiger partial charge in [-0.3, -0.25) is 0 Å². The molecule has 3 nitrogen and oxygen atoms in total. The molecule has 2 aromatic rings. The number of rotatable bonds is 4. The topological polar surface area (TPSA) is 40.5 Å². The standard InChI is InChI=1S/C14H14FNO2S/c1-9(13-4-3-7-19-13)16(2)10-5-6-11(14(17)18)12(15)8-10/h3-9H,1-2H3,(H,17,18). The predicted octanol–water partition coefficient (Wildman–Crippen LogP) is 3.78. The van der Waals surface area contributed by atoms with Crippen LogP contribution in [0.3, 0.4) is 0 Å². The number of hydrogen-bond donors (Lipinski definition) is 1. The Bertz CT molecular complexity index is 583. The first kappa shape index (κ1) is 13.5. The van der Waals surface area contributed by atoms with E-state index in [1.807, 2.05) is 36.4 Å². The Kier molecular flexibility index (Phi) is 3.85. The van der Waals surface area contributed by atoms with E-state index in [1.165, 1.54) is 17.0 Å². The third-order valence-corrected chi connectivity index (χ3v) is 4.17. The summed E-state index contributed by atoms with van der Waals surface area (Å²) in [6.45, 7) is 2.02. The molecule has 0 fully saturated rings. The lowest BCUT2D eigenvalue weighted by molar-refractivity contribution is 0.0692. The normalized spacial score (nSPS) is 12.2. The first-order chi connectivity index (χ1) is 9.00. The van der Waals surface area contributed by atoms with Crippen LogP contribution in [0.25, 0.3) is 0 Å². The molecule has 0 spiro atoms. The number of hydrogen-bond acceptors (Lipinski definition) is 3. The molecule has 1 unspecified atom stereocenters. The molecular weight excluding hydrogens is 265 g/mol. The van der Waals surface area contributed by atoms with Gasteiger partial charge in [0.15, 0.2) is 0 Å². The van der Waals surface area contributed by atoms with Gasteiger partial charge in [0.1, 0.15) is 5.82 Å². The summed E-state index contributed by atoms with van der Waals surface area (Å²) in [7, 11) is 1.86. The number of halogens is 1. The van der Waals surface area contributed by atoms with Crippen LogP contribution in [0.1, 0.15) is 28.2 Å². The number of benzene rings is 1. The molecule has 0 aliphatic carbocycles. The lowest BCUT2D eigenvalue weighted by Gasteiger charge is -2.26. The van der Waals surface area contributed by atoms with Gasteiger partial charge in [-0.25, -0.2) is 9.18 Å². The summed E-state index contributed by atoms with van der Waals surface area (Å²) in [4.78, 5) is 13.9. The minimum atomic E-state index is -1.25. The van der Waals surface area contributed by atoms with Crippen LogP contribution in [-0.4, -0.2) is 18.1 Å². The van der Waals surface area contributed by atoms with Crippen molar-refractivity contribution in [1.82, 2.24) is 0 Å². The van der Waals surface area contributed by atoms with Crippen LogP contribution in [0.2, 0.25) is 0 Å². The lowest BCUT2D eigenvalue weighted by Crippen LogP contribution is -2.21. The Hall–Kier alpha value is -1.88. The number of anilines is 1. The summed E-state index contributed by atoms with van der Waals surface area (Å²) in [5.74, 6) is -1.96. The van der Waals surface area contributed by atoms with E-state index in [0.717, 1.165) is 0 Å². The highest BCUT2D eigenvalue weighted by Crippen LogP contribution is 2.29. The van der Waals surface area contributed by atoms with Crippen molar-refractivity contribution in [3.63, 3.8) is 0 Å². The van der Waals surface area contributed by atoms with Gasteiger partial charge in [-0.2, -0.15) is 0 Å². The zero-order valence-electron chi connectivity index (χ0n) is 10.6. The Morgan fingerprint density at radius 2 is 2.16 bits per heavy atom. The Morgan fingerprint density at radius 1 is 1.42 bits per heavy atom. The number of carboxylic acids is 1. The van der Waals surface area contributed by atoms with Crippen LogP contribution in [0.4, 0.5) is 10.1 Å². The average Bonchev–Trinajstić information content (AvgIpc) is 2.90. The van der Waals surface area contributed by atoms with E-state index in [2.05, 4.69) is 0 Å². The van der Waals surface area contributed by atoms with Gasteiger partial charge in [-0.1, -0.05) is 6.07 Å². The minimum absolute atomic E-state index is 0.107. The van der Waals surface area contributed by atoms with Crippen LogP contribution < -0.4 is 4.90 Å². The highest BCUT2D eigenvalue weighted by molar-refractivity contribution is 7.10. The van der Waals surface area contributed by atoms with Gasteiger partial charge in [0.05, 0.1) is 11.6 Å². The summed E-state index contributed by atoms with van der Waals surface area (Å²) in [5.41, 5.74) is 0.351. The maximum Gasteiger partial charge on any atom is 0.338 e. The van der Waals surface area contributed by atoms with Gasteiger partial charge in [-0.05, 0) is 36.6 Å². The van der Waals surface area contributed by atoms with E-state index < -0.39 is 11.8 Å². The van der Waals surface area contributed by atoms with Gasteiger partial charge < -0.3 is 10.0 Å². The molecule has 1 N–H and O–H groups in total. The Balaban J connectivity index is 2.27. The maximum absolute atomic E-state index is 13.7. The van der Waals surface area contributed by atoms with Gasteiger partial charge in [0.25, 0.3) is 0 Å². The third kappa shape index (κ3) is 2.76. The molecule has 0 amide bonds. The summed E-state index contributed by atoms with van der Waals surface area (Å²) in [5, 5.41) is 10.8. The molecule has 0 saturated carbocycles. The molecule has 1 aromatic heterocycles. The quantitative estimate of drug-likeness (QED) is 0.925. The van der Waals surface area contributed by atoms with E-state index in [0.29, 0.717) is 5.69 Å². The van der Waals surface area contributed by atoms with Crippen LogP contribution in [0.5, 0.6) is 0 Å². The van der Waals surface area contributed by atoms with Crippen molar-refractivity contribution in [2.75, 3.05) is 11.9 Å². The zero-order valence-corrected chi connectivity index (χ0v) is 11.4. The van der Waals surface area contributed by atoms with Gasteiger partial charge >= 0.3 is 5.97 Å². The van der Waals surface area contributed by atoms with Crippen molar-refractivity contribution in [1.29, 1.82) is 0 Å². The SMILES string of the molecule is CC(c1cccs1)N(C)c1ccc(C(=O)O)c(F)c1. The summed E-state index contributed by atoms with van der Waals surface area (Å²) < 4.78 is 13.7. The van der Waals surface area contributed by atoms with Gasteiger partial charge in [0.2, 0.25) is 0 Å². The van der Waals surface area contributed by atoms with E-state index in [1.54, 1.807) is 17.4 Å². The second-order valence-corrected chi connectivity index (χ2v) is 5.25. The molecule has 19 heavy (non-hydrogen) atoms. The molecule has 0 bridgehead atoms. The fraction of sp³-hybridized carbons (Fsp3) is 0.214. The molecular formula is C14H14FNO2S. The second-order valence-electron chi connectivity index (χ2n) is 4.27. The lowest BCUT2D eigenvalue weighted by atomic mass is 10.1. The number of nitrogens with zero attached hydrogens (tertiary/aromatic N) is 1. The monoisotopic (exact) mass is 279 g/mol. The molecule has 100 valence electrons. The molecule has 5 heteroatoms. The number of carboxylic acid groups (broad SMARTS) is 1. The van der Waals surface area contributed by atoms with Crippen LogP contribution in [0.15, 0.2) is 35.7 Å². The molecule has 0 aliphatic rings. The summed E-state index contributed by atoms with van der Waals surface area (Å²) in [6, 6.07) is 8.27. The summed E-state index contributed by atoms with van der Waals surface area (Å²) >= 11 is 1.64. The number of carbonyl (C=O) groups is 1. The second kappa shape index (κ2) is 5.40. The van der Waals surface area contributed by atoms with Crippen LogP contribution in [-0.2, 0) is 0 Å². The molecule has 0 radical (unpaired) electrons. The zero-order chi connectivity index (χ0) is 14.0. The summed E-state index contributed by atoms with van der Waals surface area (Å²) in [6.07, 6.45) is 0. The highest BCUT2D eigenvalue weighted by atomic mass is 32.1.